The van der Waals surface area contributed by atoms with Crippen LogP contribution in [0.4, 0.5) is 5.13 Å². The lowest BCUT2D eigenvalue weighted by Crippen LogP contribution is -2.30. The molecule has 0 spiro atoms. The van der Waals surface area contributed by atoms with E-state index in [1.807, 2.05) is 37.3 Å². The third-order valence-electron chi connectivity index (χ3n) is 5.79. The Morgan fingerprint density at radius 1 is 0.857 bits per heavy atom. The number of pyridine rings is 1. The SMILES string of the molecule is Cc1cc(C)c2nc(N(Cc3cccnc3)C(=O)c3ccc(C(=O)c4ccccc4)cc3)sc2c1. The Bertz CT molecular complexity index is 1510. The van der Waals surface area contributed by atoms with Crippen molar-refractivity contribution in [1.29, 1.82) is 0 Å². The predicted octanol–water partition coefficient (Wildman–Crippen LogP) is 6.39. The monoisotopic (exact) mass is 477 g/mol. The van der Waals surface area contributed by atoms with Crippen molar-refractivity contribution < 1.29 is 9.59 Å². The van der Waals surface area contributed by atoms with Gasteiger partial charge in [0, 0.05) is 29.1 Å². The normalized spacial score (nSPS) is 10.9. The summed E-state index contributed by atoms with van der Waals surface area (Å²) in [6.07, 6.45) is 3.46. The molecule has 0 unspecified atom stereocenters. The van der Waals surface area contributed by atoms with Crippen molar-refractivity contribution in [2.45, 2.75) is 20.4 Å². The Labute approximate surface area is 207 Å². The predicted molar refractivity (Wildman–Crippen MR) is 140 cm³/mol. The second kappa shape index (κ2) is 9.60. The first-order valence-corrected chi connectivity index (χ1v) is 12.1. The highest BCUT2D eigenvalue weighted by molar-refractivity contribution is 7.22. The molecule has 2 aromatic heterocycles. The summed E-state index contributed by atoms with van der Waals surface area (Å²) >= 11 is 1.50. The first-order valence-electron chi connectivity index (χ1n) is 11.3. The Morgan fingerprint density at radius 2 is 1.57 bits per heavy atom. The smallest absolute Gasteiger partial charge is 0.260 e. The second-order valence-corrected chi connectivity index (χ2v) is 9.46. The number of hydrogen-bond donors (Lipinski definition) is 0. The lowest BCUT2D eigenvalue weighted by molar-refractivity contribution is 0.0982. The number of anilines is 1. The highest BCUT2D eigenvalue weighted by Crippen LogP contribution is 2.33. The van der Waals surface area contributed by atoms with E-state index in [0.29, 0.717) is 28.4 Å². The van der Waals surface area contributed by atoms with Gasteiger partial charge >= 0.3 is 0 Å². The van der Waals surface area contributed by atoms with Crippen LogP contribution in [0.25, 0.3) is 10.2 Å². The second-order valence-electron chi connectivity index (χ2n) is 8.45. The van der Waals surface area contributed by atoms with Gasteiger partial charge in [0.15, 0.2) is 10.9 Å². The van der Waals surface area contributed by atoms with Crippen LogP contribution in [0.5, 0.6) is 0 Å². The van der Waals surface area contributed by atoms with Crippen LogP contribution in [-0.2, 0) is 6.54 Å². The van der Waals surface area contributed by atoms with Crippen molar-refractivity contribution in [3.63, 3.8) is 0 Å². The lowest BCUT2D eigenvalue weighted by Gasteiger charge is -2.20. The summed E-state index contributed by atoms with van der Waals surface area (Å²) in [6.45, 7) is 4.44. The highest BCUT2D eigenvalue weighted by atomic mass is 32.1. The van der Waals surface area contributed by atoms with Gasteiger partial charge in [-0.25, -0.2) is 4.98 Å². The molecule has 0 bridgehead atoms. The summed E-state index contributed by atoms with van der Waals surface area (Å²) in [5.74, 6) is -0.255. The highest BCUT2D eigenvalue weighted by Gasteiger charge is 2.23. The van der Waals surface area contributed by atoms with Crippen LogP contribution >= 0.6 is 11.3 Å². The summed E-state index contributed by atoms with van der Waals surface area (Å²) in [7, 11) is 0. The Morgan fingerprint density at radius 3 is 2.29 bits per heavy atom. The molecule has 5 rings (SSSR count). The zero-order chi connectivity index (χ0) is 24.4. The molecule has 0 N–H and O–H groups in total. The number of ketones is 1. The molecule has 0 atom stereocenters. The minimum Gasteiger partial charge on any atom is -0.289 e. The third kappa shape index (κ3) is 4.74. The molecule has 0 saturated heterocycles. The van der Waals surface area contributed by atoms with Gasteiger partial charge in [0.1, 0.15) is 0 Å². The number of aromatic nitrogens is 2. The first-order chi connectivity index (χ1) is 17.0. The summed E-state index contributed by atoms with van der Waals surface area (Å²) in [6, 6.07) is 23.9. The van der Waals surface area contributed by atoms with Crippen LogP contribution in [0, 0.1) is 13.8 Å². The van der Waals surface area contributed by atoms with E-state index in [1.165, 1.54) is 11.3 Å². The number of carbonyl (C=O) groups excluding carboxylic acids is 2. The molecule has 0 saturated carbocycles. The standard InChI is InChI=1S/C29H23N3O2S/c1-19-15-20(2)26-25(16-19)35-29(31-26)32(18-21-7-6-14-30-17-21)28(34)24-12-10-23(11-13-24)27(33)22-8-4-3-5-9-22/h3-17H,18H2,1-2H3. The van der Waals surface area contributed by atoms with E-state index in [9.17, 15) is 9.59 Å². The van der Waals surface area contributed by atoms with E-state index in [-0.39, 0.29) is 11.7 Å². The first kappa shape index (κ1) is 22.6. The van der Waals surface area contributed by atoms with E-state index in [2.05, 4.69) is 24.0 Å². The number of aryl methyl sites for hydroxylation is 2. The van der Waals surface area contributed by atoms with Crippen LogP contribution in [0.15, 0.2) is 91.3 Å². The number of benzene rings is 3. The number of amides is 1. The van der Waals surface area contributed by atoms with Gasteiger partial charge in [-0.05, 0) is 54.8 Å². The van der Waals surface area contributed by atoms with Crippen LogP contribution < -0.4 is 4.90 Å². The minimum absolute atomic E-state index is 0.0752. The number of nitrogens with zero attached hydrogens (tertiary/aromatic N) is 3. The summed E-state index contributed by atoms with van der Waals surface area (Å²) in [5.41, 5.74) is 5.70. The topological polar surface area (TPSA) is 63.2 Å². The molecule has 0 aliphatic carbocycles. The zero-order valence-electron chi connectivity index (χ0n) is 19.4. The molecule has 3 aromatic carbocycles. The van der Waals surface area contributed by atoms with Crippen molar-refractivity contribution >= 4 is 38.4 Å². The molecule has 2 heterocycles. The van der Waals surface area contributed by atoms with Gasteiger partial charge in [-0.2, -0.15) is 0 Å². The maximum atomic E-state index is 13.7. The van der Waals surface area contributed by atoms with Crippen LogP contribution in [0.2, 0.25) is 0 Å². The lowest BCUT2D eigenvalue weighted by atomic mass is 10.0. The van der Waals surface area contributed by atoms with Crippen molar-refractivity contribution in [1.82, 2.24) is 9.97 Å². The Kier molecular flexibility index (Phi) is 6.21. The summed E-state index contributed by atoms with van der Waals surface area (Å²) in [4.78, 5) is 37.2. The van der Waals surface area contributed by atoms with Gasteiger partial charge in [0.05, 0.1) is 16.8 Å². The molecular formula is C29H23N3O2S. The van der Waals surface area contributed by atoms with Crippen LogP contribution in [0.3, 0.4) is 0 Å². The number of hydrogen-bond acceptors (Lipinski definition) is 5. The molecule has 35 heavy (non-hydrogen) atoms. The van der Waals surface area contributed by atoms with Crippen molar-refractivity contribution in [2.24, 2.45) is 0 Å². The van der Waals surface area contributed by atoms with E-state index < -0.39 is 0 Å². The van der Waals surface area contributed by atoms with Gasteiger partial charge in [-0.1, -0.05) is 65.9 Å². The molecule has 0 aliphatic rings. The largest absolute Gasteiger partial charge is 0.289 e. The van der Waals surface area contributed by atoms with E-state index in [4.69, 9.17) is 4.98 Å². The van der Waals surface area contributed by atoms with Crippen LogP contribution in [-0.4, -0.2) is 21.7 Å². The van der Waals surface area contributed by atoms with Crippen molar-refractivity contribution in [2.75, 3.05) is 4.90 Å². The van der Waals surface area contributed by atoms with E-state index >= 15 is 0 Å². The molecule has 172 valence electrons. The molecular weight excluding hydrogens is 454 g/mol. The number of carbonyl (C=O) groups is 2. The minimum atomic E-state index is -0.180. The molecule has 5 aromatic rings. The quantitative estimate of drug-likeness (QED) is 0.266. The van der Waals surface area contributed by atoms with Gasteiger partial charge in [0.25, 0.3) is 5.91 Å². The average Bonchev–Trinajstić information content (AvgIpc) is 3.32. The summed E-state index contributed by atoms with van der Waals surface area (Å²) in [5, 5.41) is 0.631. The van der Waals surface area contributed by atoms with Crippen molar-refractivity contribution in [3.8, 4) is 0 Å². The summed E-state index contributed by atoms with van der Waals surface area (Å²) < 4.78 is 1.05. The molecule has 0 aliphatic heterocycles. The maximum absolute atomic E-state index is 13.7. The number of rotatable bonds is 6. The van der Waals surface area contributed by atoms with Crippen molar-refractivity contribution in [3.05, 3.63) is 125 Å². The maximum Gasteiger partial charge on any atom is 0.260 e. The Balaban J connectivity index is 1.50. The fourth-order valence-electron chi connectivity index (χ4n) is 4.05. The van der Waals surface area contributed by atoms with Gasteiger partial charge in [-0.15, -0.1) is 0 Å². The van der Waals surface area contributed by atoms with Gasteiger partial charge < -0.3 is 0 Å². The van der Waals surface area contributed by atoms with Gasteiger partial charge in [-0.3, -0.25) is 19.5 Å². The molecule has 6 heteroatoms. The van der Waals surface area contributed by atoms with E-state index in [1.54, 1.807) is 53.7 Å². The molecule has 5 nitrogen and oxygen atoms in total. The molecule has 1 amide bonds. The molecule has 0 radical (unpaired) electrons. The van der Waals surface area contributed by atoms with Crippen LogP contribution in [0.1, 0.15) is 43.0 Å². The van der Waals surface area contributed by atoms with E-state index in [0.717, 1.165) is 26.9 Å². The van der Waals surface area contributed by atoms with Gasteiger partial charge in [0.2, 0.25) is 0 Å². The average molecular weight is 478 g/mol. The fourth-order valence-corrected chi connectivity index (χ4v) is 5.19. The Hall–Kier alpha value is -4.16. The zero-order valence-corrected chi connectivity index (χ0v) is 20.3. The third-order valence-corrected chi connectivity index (χ3v) is 6.81. The fraction of sp³-hybridized carbons (Fsp3) is 0.103. The molecule has 0 fully saturated rings. The number of thiazole rings is 1. The number of fused-ring (bicyclic) bond motifs is 1.